The summed E-state index contributed by atoms with van der Waals surface area (Å²) in [7, 11) is 4.75. The van der Waals surface area contributed by atoms with Gasteiger partial charge in [0.05, 0.1) is 32.7 Å². The van der Waals surface area contributed by atoms with E-state index in [1.807, 2.05) is 30.4 Å². The van der Waals surface area contributed by atoms with E-state index in [0.717, 1.165) is 22.8 Å². The zero-order chi connectivity index (χ0) is 19.2. The fourth-order valence-electron chi connectivity index (χ4n) is 2.70. The van der Waals surface area contributed by atoms with Gasteiger partial charge in [-0.25, -0.2) is 4.39 Å². The third-order valence-electron chi connectivity index (χ3n) is 4.11. The fraction of sp³-hybridized carbons (Fsp3) is 0.190. The molecule has 5 nitrogen and oxygen atoms in total. The lowest BCUT2D eigenvalue weighted by atomic mass is 10.1. The second kappa shape index (κ2) is 8.40. The molecular weight excluding hydrogens is 347 g/mol. The summed E-state index contributed by atoms with van der Waals surface area (Å²) < 4.78 is 29.7. The minimum absolute atomic E-state index is 0.375. The number of methoxy groups -OCH3 is 3. The predicted molar refractivity (Wildman–Crippen MR) is 103 cm³/mol. The standard InChI is InChI=1S/C21H21FN2O3/c1-25-16-7-8-19(20(22)13-16)21-11-15(23-24-21)6-4-5-14-9-17(26-2)12-18(10-14)27-3/h4,6-13H,5H2,1-3H3,(H,23,24). The number of nitrogens with zero attached hydrogens (tertiary/aromatic N) is 1. The largest absolute Gasteiger partial charge is 0.497 e. The van der Waals surface area contributed by atoms with Crippen molar-refractivity contribution in [2.45, 2.75) is 6.42 Å². The van der Waals surface area contributed by atoms with Crippen LogP contribution in [0.25, 0.3) is 17.3 Å². The number of aromatic nitrogens is 2. The highest BCUT2D eigenvalue weighted by Crippen LogP contribution is 2.26. The lowest BCUT2D eigenvalue weighted by Gasteiger charge is -2.06. The molecular formula is C21H21FN2O3. The van der Waals surface area contributed by atoms with Crippen molar-refractivity contribution in [2.75, 3.05) is 21.3 Å². The van der Waals surface area contributed by atoms with Crippen LogP contribution in [0.2, 0.25) is 0 Å². The average molecular weight is 368 g/mol. The molecule has 27 heavy (non-hydrogen) atoms. The number of aromatic amines is 1. The van der Waals surface area contributed by atoms with E-state index < -0.39 is 0 Å². The number of halogens is 1. The normalized spacial score (nSPS) is 11.0. The number of allylic oxidation sites excluding steroid dienone is 1. The highest BCUT2D eigenvalue weighted by molar-refractivity contribution is 5.64. The van der Waals surface area contributed by atoms with Crippen LogP contribution in [0.5, 0.6) is 17.2 Å². The van der Waals surface area contributed by atoms with Crippen LogP contribution >= 0.6 is 0 Å². The first kappa shape index (κ1) is 18.5. The molecule has 0 bridgehead atoms. The Labute approximate surface area is 157 Å². The van der Waals surface area contributed by atoms with Gasteiger partial charge in [0.25, 0.3) is 0 Å². The molecule has 1 N–H and O–H groups in total. The lowest BCUT2D eigenvalue weighted by Crippen LogP contribution is -1.90. The number of ether oxygens (including phenoxy) is 3. The number of benzene rings is 2. The van der Waals surface area contributed by atoms with Gasteiger partial charge in [-0.15, -0.1) is 0 Å². The molecule has 0 saturated carbocycles. The molecule has 1 aromatic heterocycles. The van der Waals surface area contributed by atoms with E-state index in [9.17, 15) is 4.39 Å². The summed E-state index contributed by atoms with van der Waals surface area (Å²) in [6, 6.07) is 12.2. The van der Waals surface area contributed by atoms with Crippen LogP contribution in [-0.2, 0) is 6.42 Å². The van der Waals surface area contributed by atoms with Crippen molar-refractivity contribution in [3.05, 3.63) is 65.6 Å². The van der Waals surface area contributed by atoms with Crippen molar-refractivity contribution in [1.82, 2.24) is 10.2 Å². The van der Waals surface area contributed by atoms with Gasteiger partial charge in [-0.05, 0) is 48.4 Å². The van der Waals surface area contributed by atoms with Gasteiger partial charge in [0.2, 0.25) is 0 Å². The van der Waals surface area contributed by atoms with Gasteiger partial charge in [-0.3, -0.25) is 5.10 Å². The topological polar surface area (TPSA) is 56.4 Å². The van der Waals surface area contributed by atoms with E-state index in [0.29, 0.717) is 23.4 Å². The Bertz CT molecular complexity index is 928. The number of nitrogens with one attached hydrogen (secondary N) is 1. The third kappa shape index (κ3) is 4.47. The van der Waals surface area contributed by atoms with Crippen molar-refractivity contribution >= 4 is 6.08 Å². The Morgan fingerprint density at radius 3 is 2.26 bits per heavy atom. The van der Waals surface area contributed by atoms with Gasteiger partial charge < -0.3 is 14.2 Å². The highest BCUT2D eigenvalue weighted by atomic mass is 19.1. The fourth-order valence-corrected chi connectivity index (χ4v) is 2.70. The highest BCUT2D eigenvalue weighted by Gasteiger charge is 2.09. The second-order valence-electron chi connectivity index (χ2n) is 5.88. The van der Waals surface area contributed by atoms with Crippen LogP contribution in [0.3, 0.4) is 0 Å². The van der Waals surface area contributed by atoms with Gasteiger partial charge in [0.15, 0.2) is 0 Å². The molecule has 0 radical (unpaired) electrons. The first-order valence-electron chi connectivity index (χ1n) is 8.40. The number of rotatable bonds is 7. The van der Waals surface area contributed by atoms with E-state index in [1.54, 1.807) is 32.4 Å². The quantitative estimate of drug-likeness (QED) is 0.667. The Morgan fingerprint density at radius 2 is 1.63 bits per heavy atom. The van der Waals surface area contributed by atoms with E-state index in [2.05, 4.69) is 10.2 Å². The smallest absolute Gasteiger partial charge is 0.136 e. The Balaban J connectivity index is 1.72. The van der Waals surface area contributed by atoms with Crippen molar-refractivity contribution < 1.29 is 18.6 Å². The second-order valence-corrected chi connectivity index (χ2v) is 5.88. The summed E-state index contributed by atoms with van der Waals surface area (Å²) >= 11 is 0. The zero-order valence-corrected chi connectivity index (χ0v) is 15.5. The van der Waals surface area contributed by atoms with E-state index in [-0.39, 0.29) is 5.82 Å². The first-order valence-corrected chi connectivity index (χ1v) is 8.40. The monoisotopic (exact) mass is 368 g/mol. The molecule has 0 aliphatic carbocycles. The molecule has 0 fully saturated rings. The maximum atomic E-state index is 14.2. The summed E-state index contributed by atoms with van der Waals surface area (Å²) in [5, 5.41) is 7.09. The molecule has 0 unspecified atom stereocenters. The van der Waals surface area contributed by atoms with E-state index >= 15 is 0 Å². The van der Waals surface area contributed by atoms with Crippen LogP contribution < -0.4 is 14.2 Å². The average Bonchev–Trinajstić information content (AvgIpc) is 3.16. The maximum Gasteiger partial charge on any atom is 0.136 e. The van der Waals surface area contributed by atoms with Crippen molar-refractivity contribution in [2.24, 2.45) is 0 Å². The third-order valence-corrected chi connectivity index (χ3v) is 4.11. The Morgan fingerprint density at radius 1 is 0.926 bits per heavy atom. The van der Waals surface area contributed by atoms with Crippen molar-refractivity contribution in [3.63, 3.8) is 0 Å². The van der Waals surface area contributed by atoms with Gasteiger partial charge in [-0.2, -0.15) is 5.10 Å². The molecule has 0 aliphatic heterocycles. The zero-order valence-electron chi connectivity index (χ0n) is 15.5. The Kier molecular flexibility index (Phi) is 5.76. The van der Waals surface area contributed by atoms with E-state index in [1.165, 1.54) is 13.2 Å². The van der Waals surface area contributed by atoms with Gasteiger partial charge in [0.1, 0.15) is 23.1 Å². The summed E-state index contributed by atoms with van der Waals surface area (Å²) in [4.78, 5) is 0. The number of hydrogen-bond acceptors (Lipinski definition) is 4. The predicted octanol–water partition coefficient (Wildman–Crippen LogP) is 4.50. The molecule has 3 rings (SSSR count). The molecule has 1 heterocycles. The summed E-state index contributed by atoms with van der Waals surface area (Å²) in [6.45, 7) is 0. The summed E-state index contributed by atoms with van der Waals surface area (Å²) in [6.07, 6.45) is 4.60. The van der Waals surface area contributed by atoms with Gasteiger partial charge in [0, 0.05) is 17.7 Å². The SMILES string of the molecule is COc1cc(CC=Cc2cc(-c3ccc(OC)cc3F)n[nH]2)cc(OC)c1. The lowest BCUT2D eigenvalue weighted by molar-refractivity contribution is 0.393. The molecule has 0 amide bonds. The van der Waals surface area contributed by atoms with Crippen LogP contribution in [0, 0.1) is 5.82 Å². The van der Waals surface area contributed by atoms with Crippen LogP contribution in [0.15, 0.2) is 48.5 Å². The molecule has 0 atom stereocenters. The van der Waals surface area contributed by atoms with E-state index in [4.69, 9.17) is 14.2 Å². The number of H-pyrrole nitrogens is 1. The van der Waals surface area contributed by atoms with Crippen LogP contribution in [0.4, 0.5) is 4.39 Å². The maximum absolute atomic E-state index is 14.2. The van der Waals surface area contributed by atoms with Crippen LogP contribution in [-0.4, -0.2) is 31.5 Å². The minimum atomic E-state index is -0.375. The molecule has 2 aromatic carbocycles. The van der Waals surface area contributed by atoms with Gasteiger partial charge >= 0.3 is 0 Å². The summed E-state index contributed by atoms with van der Waals surface area (Å²) in [5.74, 6) is 1.59. The first-order chi connectivity index (χ1) is 13.1. The molecule has 6 heteroatoms. The summed E-state index contributed by atoms with van der Waals surface area (Å²) in [5.41, 5.74) is 2.81. The molecule has 140 valence electrons. The molecule has 0 saturated heterocycles. The van der Waals surface area contributed by atoms with Crippen molar-refractivity contribution in [1.29, 1.82) is 0 Å². The van der Waals surface area contributed by atoms with Crippen molar-refractivity contribution in [3.8, 4) is 28.5 Å². The van der Waals surface area contributed by atoms with Gasteiger partial charge in [-0.1, -0.05) is 6.08 Å². The minimum Gasteiger partial charge on any atom is -0.497 e. The molecule has 3 aromatic rings. The number of hydrogen-bond donors (Lipinski definition) is 1. The van der Waals surface area contributed by atoms with Crippen LogP contribution in [0.1, 0.15) is 11.3 Å². The molecule has 0 aliphatic rings. The molecule has 0 spiro atoms. The Hall–Kier alpha value is -3.28.